The first-order chi connectivity index (χ1) is 9.02. The van der Waals surface area contributed by atoms with Crippen molar-refractivity contribution in [3.8, 4) is 6.07 Å². The van der Waals surface area contributed by atoms with Crippen molar-refractivity contribution in [2.24, 2.45) is 0 Å². The van der Waals surface area contributed by atoms with Gasteiger partial charge in [-0.25, -0.2) is 5.10 Å². The van der Waals surface area contributed by atoms with Gasteiger partial charge in [-0.3, -0.25) is 14.9 Å². The number of aryl methyl sites for hydroxylation is 1. The largest absolute Gasteiger partial charge is 0.444 e. The van der Waals surface area contributed by atoms with E-state index in [4.69, 9.17) is 9.68 Å². The number of carbonyl (C=O) groups excluding carboxylic acids is 1. The van der Waals surface area contributed by atoms with E-state index in [0.717, 1.165) is 0 Å². The molecule has 0 unspecified atom stereocenters. The zero-order valence-electron chi connectivity index (χ0n) is 10.3. The number of H-pyrrole nitrogens is 1. The van der Waals surface area contributed by atoms with Crippen molar-refractivity contribution in [2.75, 3.05) is 5.32 Å². The minimum absolute atomic E-state index is 0.0233. The highest BCUT2D eigenvalue weighted by Gasteiger charge is 2.17. The molecule has 0 aromatic carbocycles. The minimum Gasteiger partial charge on any atom is -0.444 e. The summed E-state index contributed by atoms with van der Waals surface area (Å²) in [4.78, 5) is 22.7. The predicted octanol–water partition coefficient (Wildman–Crippen LogP) is 1.10. The molecule has 0 fully saturated rings. The first-order valence-corrected chi connectivity index (χ1v) is 5.40. The zero-order valence-corrected chi connectivity index (χ0v) is 10.3. The normalized spacial score (nSPS) is 9.95. The standard InChI is InChI=1S/C12H10N4O3/c1-6-7(2)19-12(8(6)5-13)14-11(18)9-3-4-10(17)16-15-9/h3-4H,1-2H3,(H,14,18)(H,16,17). The van der Waals surface area contributed by atoms with Crippen LogP contribution < -0.4 is 10.9 Å². The number of aromatic nitrogens is 2. The van der Waals surface area contributed by atoms with Crippen molar-refractivity contribution < 1.29 is 9.21 Å². The van der Waals surface area contributed by atoms with E-state index in [-0.39, 0.29) is 17.1 Å². The van der Waals surface area contributed by atoms with Gasteiger partial charge in [-0.1, -0.05) is 0 Å². The number of aromatic amines is 1. The van der Waals surface area contributed by atoms with Crippen LogP contribution >= 0.6 is 0 Å². The molecule has 19 heavy (non-hydrogen) atoms. The van der Waals surface area contributed by atoms with E-state index >= 15 is 0 Å². The molecule has 7 nitrogen and oxygen atoms in total. The first-order valence-electron chi connectivity index (χ1n) is 5.40. The quantitative estimate of drug-likeness (QED) is 0.837. The Labute approximate surface area is 107 Å². The van der Waals surface area contributed by atoms with Gasteiger partial charge in [-0.2, -0.15) is 10.4 Å². The molecule has 0 aliphatic rings. The van der Waals surface area contributed by atoms with E-state index in [9.17, 15) is 9.59 Å². The van der Waals surface area contributed by atoms with E-state index in [0.29, 0.717) is 11.3 Å². The summed E-state index contributed by atoms with van der Waals surface area (Å²) in [6.45, 7) is 3.43. The van der Waals surface area contributed by atoms with Crippen LogP contribution in [0, 0.1) is 25.2 Å². The summed E-state index contributed by atoms with van der Waals surface area (Å²) in [5.41, 5.74) is 0.566. The number of carbonyl (C=O) groups is 1. The molecule has 0 aliphatic carbocycles. The maximum Gasteiger partial charge on any atom is 0.278 e. The Kier molecular flexibility index (Phi) is 3.16. The number of furan rings is 1. The van der Waals surface area contributed by atoms with Crippen LogP contribution in [0.15, 0.2) is 21.3 Å². The summed E-state index contributed by atoms with van der Waals surface area (Å²) >= 11 is 0. The van der Waals surface area contributed by atoms with Crippen LogP contribution in [-0.4, -0.2) is 16.1 Å². The lowest BCUT2D eigenvalue weighted by Crippen LogP contribution is -2.17. The van der Waals surface area contributed by atoms with Crippen molar-refractivity contribution in [1.29, 1.82) is 5.26 Å². The van der Waals surface area contributed by atoms with E-state index in [1.807, 2.05) is 6.07 Å². The highest BCUT2D eigenvalue weighted by Crippen LogP contribution is 2.25. The lowest BCUT2D eigenvalue weighted by atomic mass is 10.2. The maximum atomic E-state index is 11.8. The van der Waals surface area contributed by atoms with E-state index in [2.05, 4.69) is 15.5 Å². The van der Waals surface area contributed by atoms with E-state index in [1.54, 1.807) is 13.8 Å². The third kappa shape index (κ3) is 2.37. The minimum atomic E-state index is -0.568. The van der Waals surface area contributed by atoms with Crippen LogP contribution in [0.5, 0.6) is 0 Å². The van der Waals surface area contributed by atoms with Gasteiger partial charge in [0.25, 0.3) is 11.5 Å². The molecule has 0 spiro atoms. The molecule has 0 bridgehead atoms. The number of nitrogens with one attached hydrogen (secondary N) is 2. The molecule has 7 heteroatoms. The fraction of sp³-hybridized carbons (Fsp3) is 0.167. The summed E-state index contributed by atoms with van der Waals surface area (Å²) < 4.78 is 5.30. The molecule has 2 heterocycles. The fourth-order valence-corrected chi connectivity index (χ4v) is 1.49. The molecule has 1 amide bonds. The Morgan fingerprint density at radius 3 is 2.79 bits per heavy atom. The molecule has 2 aromatic heterocycles. The van der Waals surface area contributed by atoms with Gasteiger partial charge < -0.3 is 4.42 Å². The van der Waals surface area contributed by atoms with Gasteiger partial charge in [0.05, 0.1) is 0 Å². The predicted molar refractivity (Wildman–Crippen MR) is 65.7 cm³/mol. The molecule has 0 atom stereocenters. The highest BCUT2D eigenvalue weighted by atomic mass is 16.4. The van der Waals surface area contributed by atoms with Crippen LogP contribution in [0.2, 0.25) is 0 Å². The smallest absolute Gasteiger partial charge is 0.278 e. The van der Waals surface area contributed by atoms with Gasteiger partial charge in [0.15, 0.2) is 0 Å². The number of nitrogens with zero attached hydrogens (tertiary/aromatic N) is 2. The second-order valence-corrected chi connectivity index (χ2v) is 3.86. The molecule has 2 N–H and O–H groups in total. The van der Waals surface area contributed by atoms with Crippen LogP contribution in [0.3, 0.4) is 0 Å². The Morgan fingerprint density at radius 1 is 1.47 bits per heavy atom. The topological polar surface area (TPSA) is 112 Å². The van der Waals surface area contributed by atoms with Gasteiger partial charge in [0.1, 0.15) is 23.1 Å². The SMILES string of the molecule is Cc1oc(NC(=O)c2ccc(=O)[nH]n2)c(C#N)c1C. The second kappa shape index (κ2) is 4.78. The first kappa shape index (κ1) is 12.6. The summed E-state index contributed by atoms with van der Waals surface area (Å²) in [5, 5.41) is 17.2. The van der Waals surface area contributed by atoms with Gasteiger partial charge >= 0.3 is 0 Å². The van der Waals surface area contributed by atoms with Gasteiger partial charge in [-0.05, 0) is 19.9 Å². The van der Waals surface area contributed by atoms with Crippen molar-refractivity contribution in [1.82, 2.24) is 10.2 Å². The molecular weight excluding hydrogens is 248 g/mol. The average molecular weight is 258 g/mol. The number of amides is 1. The highest BCUT2D eigenvalue weighted by molar-refractivity contribution is 6.02. The van der Waals surface area contributed by atoms with E-state index < -0.39 is 11.5 Å². The number of rotatable bonds is 2. The fourth-order valence-electron chi connectivity index (χ4n) is 1.49. The summed E-state index contributed by atoms with van der Waals surface area (Å²) in [5.74, 6) is 0.0678. The molecule has 2 rings (SSSR count). The Bertz CT molecular complexity index is 716. The van der Waals surface area contributed by atoms with Crippen LogP contribution in [-0.2, 0) is 0 Å². The molecular formula is C12H10N4O3. The van der Waals surface area contributed by atoms with Crippen molar-refractivity contribution >= 4 is 11.8 Å². The van der Waals surface area contributed by atoms with Crippen LogP contribution in [0.1, 0.15) is 27.4 Å². The number of hydrogen-bond acceptors (Lipinski definition) is 5. The molecule has 96 valence electrons. The molecule has 0 aliphatic heterocycles. The molecule has 2 aromatic rings. The van der Waals surface area contributed by atoms with Gasteiger partial charge in [0.2, 0.25) is 5.88 Å². The molecule has 0 saturated heterocycles. The van der Waals surface area contributed by atoms with Crippen molar-refractivity contribution in [3.63, 3.8) is 0 Å². The monoisotopic (exact) mass is 258 g/mol. The molecule has 0 radical (unpaired) electrons. The zero-order chi connectivity index (χ0) is 14.0. The Balaban J connectivity index is 2.29. The average Bonchev–Trinajstić information content (AvgIpc) is 2.65. The summed E-state index contributed by atoms with van der Waals surface area (Å²) in [7, 11) is 0. The second-order valence-electron chi connectivity index (χ2n) is 3.86. The lowest BCUT2D eigenvalue weighted by Gasteiger charge is -2.00. The van der Waals surface area contributed by atoms with Gasteiger partial charge in [-0.15, -0.1) is 0 Å². The van der Waals surface area contributed by atoms with E-state index in [1.165, 1.54) is 12.1 Å². The maximum absolute atomic E-state index is 11.8. The third-order valence-corrected chi connectivity index (χ3v) is 2.64. The number of nitriles is 1. The van der Waals surface area contributed by atoms with Crippen LogP contribution in [0.25, 0.3) is 0 Å². The Morgan fingerprint density at radius 2 is 2.21 bits per heavy atom. The van der Waals surface area contributed by atoms with Crippen LogP contribution in [0.4, 0.5) is 5.88 Å². The lowest BCUT2D eigenvalue weighted by molar-refractivity contribution is 0.101. The summed E-state index contributed by atoms with van der Waals surface area (Å²) in [6, 6.07) is 4.43. The van der Waals surface area contributed by atoms with Crippen molar-refractivity contribution in [3.05, 3.63) is 45.1 Å². The molecule has 0 saturated carbocycles. The Hall–Kier alpha value is -2.88. The van der Waals surface area contributed by atoms with Crippen molar-refractivity contribution in [2.45, 2.75) is 13.8 Å². The van der Waals surface area contributed by atoms with Gasteiger partial charge in [0, 0.05) is 11.6 Å². The number of anilines is 1. The summed E-state index contributed by atoms with van der Waals surface area (Å²) in [6.07, 6.45) is 0. The third-order valence-electron chi connectivity index (χ3n) is 2.64. The number of hydrogen-bond donors (Lipinski definition) is 2.